The van der Waals surface area contributed by atoms with Gasteiger partial charge in [0, 0.05) is 11.6 Å². The predicted octanol–water partition coefficient (Wildman–Crippen LogP) is 2.82. The number of aliphatic hydroxyl groups is 1. The molecule has 1 aromatic rings. The molecule has 6 heteroatoms. The molecule has 0 aromatic heterocycles. The molecule has 1 aromatic carbocycles. The SMILES string of the molecule is OCCc1cc(Cl)ccc1OCC(F)(F)F. The molecule has 0 radical (unpaired) electrons. The third-order valence-electron chi connectivity index (χ3n) is 1.80. The van der Waals surface area contributed by atoms with Gasteiger partial charge in [0.25, 0.3) is 0 Å². The van der Waals surface area contributed by atoms with Crippen LogP contribution in [0.1, 0.15) is 5.56 Å². The van der Waals surface area contributed by atoms with Crippen molar-refractivity contribution in [2.45, 2.75) is 12.6 Å². The van der Waals surface area contributed by atoms with Crippen molar-refractivity contribution in [1.29, 1.82) is 0 Å². The van der Waals surface area contributed by atoms with Gasteiger partial charge in [0.15, 0.2) is 6.61 Å². The maximum atomic E-state index is 11.9. The Morgan fingerprint density at radius 3 is 2.56 bits per heavy atom. The number of alkyl halides is 3. The van der Waals surface area contributed by atoms with Crippen molar-refractivity contribution in [3.8, 4) is 5.75 Å². The highest BCUT2D eigenvalue weighted by atomic mass is 35.5. The van der Waals surface area contributed by atoms with Gasteiger partial charge < -0.3 is 9.84 Å². The lowest BCUT2D eigenvalue weighted by Crippen LogP contribution is -2.19. The van der Waals surface area contributed by atoms with Crippen molar-refractivity contribution in [3.05, 3.63) is 28.8 Å². The Morgan fingerprint density at radius 2 is 2.00 bits per heavy atom. The summed E-state index contributed by atoms with van der Waals surface area (Å²) in [6, 6.07) is 4.27. The highest BCUT2D eigenvalue weighted by Gasteiger charge is 2.28. The van der Waals surface area contributed by atoms with E-state index in [1.165, 1.54) is 18.2 Å². The van der Waals surface area contributed by atoms with Crippen molar-refractivity contribution in [1.82, 2.24) is 0 Å². The maximum Gasteiger partial charge on any atom is 0.422 e. The molecule has 0 atom stereocenters. The number of rotatable bonds is 4. The minimum atomic E-state index is -4.38. The number of benzene rings is 1. The fourth-order valence-electron chi connectivity index (χ4n) is 1.16. The molecule has 0 fully saturated rings. The molecule has 0 aliphatic rings. The fraction of sp³-hybridized carbons (Fsp3) is 0.400. The van der Waals surface area contributed by atoms with Crippen LogP contribution in [0.2, 0.25) is 5.02 Å². The van der Waals surface area contributed by atoms with E-state index in [1.807, 2.05) is 0 Å². The summed E-state index contributed by atoms with van der Waals surface area (Å²) >= 11 is 5.68. The van der Waals surface area contributed by atoms with Crippen LogP contribution in [0.4, 0.5) is 13.2 Å². The summed E-state index contributed by atoms with van der Waals surface area (Å²) < 4.78 is 40.4. The Bertz CT molecular complexity index is 352. The van der Waals surface area contributed by atoms with Gasteiger partial charge in [-0.3, -0.25) is 0 Å². The summed E-state index contributed by atoms with van der Waals surface area (Å²) in [5.74, 6) is 0.0933. The van der Waals surface area contributed by atoms with Crippen LogP contribution in [0.5, 0.6) is 5.75 Å². The molecule has 16 heavy (non-hydrogen) atoms. The van der Waals surface area contributed by atoms with Gasteiger partial charge in [-0.2, -0.15) is 13.2 Å². The lowest BCUT2D eigenvalue weighted by atomic mass is 10.1. The molecule has 0 aliphatic carbocycles. The topological polar surface area (TPSA) is 29.5 Å². The third kappa shape index (κ3) is 4.28. The first kappa shape index (κ1) is 13.1. The summed E-state index contributed by atoms with van der Waals surface area (Å²) in [5, 5.41) is 9.13. The number of hydrogen-bond donors (Lipinski definition) is 1. The van der Waals surface area contributed by atoms with Gasteiger partial charge in [-0.1, -0.05) is 11.6 Å². The summed E-state index contributed by atoms with van der Waals surface area (Å²) in [6.07, 6.45) is -4.18. The van der Waals surface area contributed by atoms with Crippen LogP contribution in [0.3, 0.4) is 0 Å². The number of halogens is 4. The van der Waals surface area contributed by atoms with E-state index >= 15 is 0 Å². The minimum absolute atomic E-state index is 0.0933. The molecule has 0 heterocycles. The number of aliphatic hydroxyl groups excluding tert-OH is 1. The van der Waals surface area contributed by atoms with Crippen molar-refractivity contribution in [2.24, 2.45) is 0 Å². The van der Waals surface area contributed by atoms with E-state index in [4.69, 9.17) is 16.7 Å². The van der Waals surface area contributed by atoms with Crippen molar-refractivity contribution in [3.63, 3.8) is 0 Å². The zero-order valence-corrected chi connectivity index (χ0v) is 8.98. The molecule has 0 spiro atoms. The van der Waals surface area contributed by atoms with Gasteiger partial charge in [0.1, 0.15) is 5.75 Å². The van der Waals surface area contributed by atoms with E-state index < -0.39 is 12.8 Å². The summed E-state index contributed by atoms with van der Waals surface area (Å²) in [5.41, 5.74) is 0.458. The Morgan fingerprint density at radius 1 is 1.31 bits per heavy atom. The average molecular weight is 255 g/mol. The summed E-state index contributed by atoms with van der Waals surface area (Å²) in [4.78, 5) is 0. The van der Waals surface area contributed by atoms with Crippen LogP contribution in [0.25, 0.3) is 0 Å². The lowest BCUT2D eigenvalue weighted by Gasteiger charge is -2.12. The predicted molar refractivity (Wildman–Crippen MR) is 53.8 cm³/mol. The van der Waals surface area contributed by atoms with Crippen LogP contribution >= 0.6 is 11.6 Å². The van der Waals surface area contributed by atoms with Crippen LogP contribution in [0, 0.1) is 0 Å². The molecular weight excluding hydrogens is 245 g/mol. The number of hydrogen-bond acceptors (Lipinski definition) is 2. The normalized spacial score (nSPS) is 11.6. The minimum Gasteiger partial charge on any atom is -0.484 e. The van der Waals surface area contributed by atoms with Gasteiger partial charge >= 0.3 is 6.18 Å². The van der Waals surface area contributed by atoms with E-state index in [2.05, 4.69) is 4.74 Å². The van der Waals surface area contributed by atoms with Gasteiger partial charge in [-0.25, -0.2) is 0 Å². The molecule has 0 amide bonds. The van der Waals surface area contributed by atoms with E-state index in [-0.39, 0.29) is 18.8 Å². The van der Waals surface area contributed by atoms with Crippen LogP contribution in [-0.4, -0.2) is 24.5 Å². The molecule has 0 bridgehead atoms. The van der Waals surface area contributed by atoms with Gasteiger partial charge in [0.2, 0.25) is 0 Å². The van der Waals surface area contributed by atoms with Gasteiger partial charge in [0.05, 0.1) is 0 Å². The molecule has 0 saturated carbocycles. The van der Waals surface area contributed by atoms with E-state index in [9.17, 15) is 13.2 Å². The second kappa shape index (κ2) is 5.41. The first-order valence-electron chi connectivity index (χ1n) is 4.51. The van der Waals surface area contributed by atoms with Crippen LogP contribution < -0.4 is 4.74 Å². The Kier molecular flexibility index (Phi) is 4.44. The molecule has 0 aliphatic heterocycles. The zero-order chi connectivity index (χ0) is 12.2. The van der Waals surface area contributed by atoms with Crippen molar-refractivity contribution in [2.75, 3.05) is 13.2 Å². The smallest absolute Gasteiger partial charge is 0.422 e. The molecule has 0 saturated heterocycles. The standard InChI is InChI=1S/C10H10ClF3O2/c11-8-1-2-9(7(5-8)3-4-15)16-6-10(12,13)14/h1-2,5,15H,3-4,6H2. The molecule has 1 rings (SSSR count). The maximum absolute atomic E-state index is 11.9. The van der Waals surface area contributed by atoms with Crippen LogP contribution in [0.15, 0.2) is 18.2 Å². The highest BCUT2D eigenvalue weighted by molar-refractivity contribution is 6.30. The lowest BCUT2D eigenvalue weighted by molar-refractivity contribution is -0.153. The average Bonchev–Trinajstić information content (AvgIpc) is 2.15. The second-order valence-electron chi connectivity index (χ2n) is 3.13. The fourth-order valence-corrected chi connectivity index (χ4v) is 1.36. The Hall–Kier alpha value is -0.940. The van der Waals surface area contributed by atoms with Crippen LogP contribution in [-0.2, 0) is 6.42 Å². The largest absolute Gasteiger partial charge is 0.484 e. The van der Waals surface area contributed by atoms with Crippen molar-refractivity contribution >= 4 is 11.6 Å². The Balaban J connectivity index is 2.78. The first-order valence-corrected chi connectivity index (χ1v) is 4.89. The molecule has 90 valence electrons. The summed E-state index contributed by atoms with van der Waals surface area (Å²) in [6.45, 7) is -1.53. The van der Waals surface area contributed by atoms with E-state index in [0.29, 0.717) is 10.6 Å². The Labute approximate surface area is 95.6 Å². The number of ether oxygens (including phenoxy) is 1. The molecule has 0 unspecified atom stereocenters. The van der Waals surface area contributed by atoms with Crippen molar-refractivity contribution < 1.29 is 23.0 Å². The monoisotopic (exact) mass is 254 g/mol. The van der Waals surface area contributed by atoms with E-state index in [1.54, 1.807) is 0 Å². The van der Waals surface area contributed by atoms with Gasteiger partial charge in [-0.05, 0) is 30.2 Å². The first-order chi connectivity index (χ1) is 7.42. The molecule has 1 N–H and O–H groups in total. The highest BCUT2D eigenvalue weighted by Crippen LogP contribution is 2.25. The molecular formula is C10H10ClF3O2. The zero-order valence-electron chi connectivity index (χ0n) is 8.22. The third-order valence-corrected chi connectivity index (χ3v) is 2.03. The quantitative estimate of drug-likeness (QED) is 0.895. The second-order valence-corrected chi connectivity index (χ2v) is 3.57. The van der Waals surface area contributed by atoms with E-state index in [0.717, 1.165) is 0 Å². The molecule has 2 nitrogen and oxygen atoms in total. The summed E-state index contributed by atoms with van der Waals surface area (Å²) in [7, 11) is 0. The van der Waals surface area contributed by atoms with Gasteiger partial charge in [-0.15, -0.1) is 0 Å².